The van der Waals surface area contributed by atoms with E-state index in [4.69, 9.17) is 10.5 Å². The van der Waals surface area contributed by atoms with Gasteiger partial charge in [-0.1, -0.05) is 0 Å². The number of carbonyl (C=O) groups is 1. The van der Waals surface area contributed by atoms with Crippen LogP contribution in [0.25, 0.3) is 0 Å². The standard InChI is InChI=1S/C15H25N7O2.HI/c1-24-12-7-18-14(16)17-6-3-13(23)21-8-10-22(11-9-21)15-19-4-2-5-20-15;/h2,4-5H,3,6-12H2,1H3,(H3,16,17,18);1H. The van der Waals surface area contributed by atoms with E-state index in [0.717, 1.165) is 13.1 Å². The van der Waals surface area contributed by atoms with Crippen LogP contribution in [-0.2, 0) is 9.53 Å². The van der Waals surface area contributed by atoms with Gasteiger partial charge in [0.15, 0.2) is 5.96 Å². The molecule has 0 spiro atoms. The number of carbonyl (C=O) groups excluding carboxylic acids is 1. The molecule has 0 atom stereocenters. The van der Waals surface area contributed by atoms with E-state index < -0.39 is 0 Å². The second kappa shape index (κ2) is 11.8. The van der Waals surface area contributed by atoms with E-state index >= 15 is 0 Å². The molecule has 1 aromatic rings. The molecule has 2 rings (SSSR count). The summed E-state index contributed by atoms with van der Waals surface area (Å²) in [5, 5.41) is 2.94. The van der Waals surface area contributed by atoms with Gasteiger partial charge in [-0.2, -0.15) is 0 Å². The van der Waals surface area contributed by atoms with Gasteiger partial charge in [0.25, 0.3) is 0 Å². The molecule has 1 fully saturated rings. The zero-order valence-corrected chi connectivity index (χ0v) is 16.8. The van der Waals surface area contributed by atoms with E-state index in [-0.39, 0.29) is 29.9 Å². The van der Waals surface area contributed by atoms with Crippen LogP contribution in [-0.4, -0.2) is 79.7 Å². The Morgan fingerprint density at radius 3 is 2.64 bits per heavy atom. The lowest BCUT2D eigenvalue weighted by Crippen LogP contribution is -2.49. The van der Waals surface area contributed by atoms with Crippen molar-refractivity contribution < 1.29 is 9.53 Å². The van der Waals surface area contributed by atoms with Gasteiger partial charge in [-0.05, 0) is 6.07 Å². The zero-order valence-electron chi connectivity index (χ0n) is 14.4. The highest BCUT2D eigenvalue weighted by Gasteiger charge is 2.21. The van der Waals surface area contributed by atoms with Crippen LogP contribution in [0.3, 0.4) is 0 Å². The Kier molecular flexibility index (Phi) is 10.1. The number of aliphatic imine (C=N–C) groups is 1. The van der Waals surface area contributed by atoms with E-state index in [2.05, 4.69) is 25.2 Å². The van der Waals surface area contributed by atoms with Crippen LogP contribution in [0.15, 0.2) is 23.5 Å². The number of anilines is 1. The lowest BCUT2D eigenvalue weighted by atomic mass is 10.3. The smallest absolute Gasteiger partial charge is 0.225 e. The number of aromatic nitrogens is 2. The van der Waals surface area contributed by atoms with Crippen molar-refractivity contribution in [1.29, 1.82) is 0 Å². The Bertz CT molecular complexity index is 536. The molecule has 0 unspecified atom stereocenters. The van der Waals surface area contributed by atoms with Gasteiger partial charge >= 0.3 is 0 Å². The molecule has 1 saturated heterocycles. The molecule has 9 nitrogen and oxygen atoms in total. The summed E-state index contributed by atoms with van der Waals surface area (Å²) in [6.07, 6.45) is 3.84. The molecule has 25 heavy (non-hydrogen) atoms. The summed E-state index contributed by atoms with van der Waals surface area (Å²) in [6.45, 7) is 4.34. The topological polar surface area (TPSA) is 109 Å². The van der Waals surface area contributed by atoms with E-state index in [0.29, 0.717) is 51.1 Å². The Hall–Kier alpha value is -1.69. The molecule has 0 aromatic carbocycles. The molecule has 2 heterocycles. The maximum atomic E-state index is 12.2. The first kappa shape index (κ1) is 21.4. The van der Waals surface area contributed by atoms with Crippen molar-refractivity contribution >= 4 is 41.8 Å². The van der Waals surface area contributed by atoms with Crippen LogP contribution in [0.2, 0.25) is 0 Å². The molecule has 0 bridgehead atoms. The van der Waals surface area contributed by atoms with Gasteiger partial charge < -0.3 is 25.6 Å². The molecular weight excluding hydrogens is 437 g/mol. The number of hydrogen-bond acceptors (Lipinski definition) is 6. The number of hydrogen-bond donors (Lipinski definition) is 2. The van der Waals surface area contributed by atoms with Crippen molar-refractivity contribution in [2.24, 2.45) is 10.7 Å². The molecule has 1 aromatic heterocycles. The van der Waals surface area contributed by atoms with Gasteiger partial charge in [0.2, 0.25) is 11.9 Å². The van der Waals surface area contributed by atoms with Gasteiger partial charge in [-0.3, -0.25) is 9.79 Å². The van der Waals surface area contributed by atoms with Crippen molar-refractivity contribution in [3.8, 4) is 0 Å². The number of rotatable bonds is 7. The van der Waals surface area contributed by atoms with E-state index in [9.17, 15) is 4.79 Å². The normalized spacial score (nSPS) is 14.8. The van der Waals surface area contributed by atoms with Crippen molar-refractivity contribution in [3.63, 3.8) is 0 Å². The maximum Gasteiger partial charge on any atom is 0.225 e. The van der Waals surface area contributed by atoms with Gasteiger partial charge in [0, 0.05) is 58.6 Å². The van der Waals surface area contributed by atoms with Crippen molar-refractivity contribution in [3.05, 3.63) is 18.5 Å². The minimum Gasteiger partial charge on any atom is -0.383 e. The average molecular weight is 463 g/mol. The lowest BCUT2D eigenvalue weighted by Gasteiger charge is -2.34. The van der Waals surface area contributed by atoms with Gasteiger partial charge in [0.05, 0.1) is 13.2 Å². The zero-order chi connectivity index (χ0) is 17.2. The highest BCUT2D eigenvalue weighted by Crippen LogP contribution is 2.10. The first-order valence-corrected chi connectivity index (χ1v) is 8.03. The highest BCUT2D eigenvalue weighted by atomic mass is 127. The number of amides is 1. The second-order valence-electron chi connectivity index (χ2n) is 5.35. The number of piperazine rings is 1. The first-order chi connectivity index (χ1) is 11.7. The van der Waals surface area contributed by atoms with Crippen LogP contribution in [0.5, 0.6) is 0 Å². The Balaban J connectivity index is 0.00000312. The SMILES string of the molecule is COCCN=C(N)NCCC(=O)N1CCN(c2ncccn2)CC1.I. The average Bonchev–Trinajstić information content (AvgIpc) is 2.63. The molecule has 1 aliphatic rings. The summed E-state index contributed by atoms with van der Waals surface area (Å²) in [7, 11) is 1.61. The number of guanidine groups is 1. The Labute approximate surface area is 165 Å². The van der Waals surface area contributed by atoms with Gasteiger partial charge in [-0.25, -0.2) is 9.97 Å². The largest absolute Gasteiger partial charge is 0.383 e. The summed E-state index contributed by atoms with van der Waals surface area (Å²) >= 11 is 0. The predicted molar refractivity (Wildman–Crippen MR) is 107 cm³/mol. The molecule has 0 saturated carbocycles. The number of ether oxygens (including phenoxy) is 1. The van der Waals surface area contributed by atoms with Crippen LogP contribution in [0.4, 0.5) is 5.95 Å². The number of nitrogens with one attached hydrogen (secondary N) is 1. The summed E-state index contributed by atoms with van der Waals surface area (Å²) in [5.74, 6) is 1.16. The third-order valence-electron chi connectivity index (χ3n) is 3.69. The number of methoxy groups -OCH3 is 1. The number of halogens is 1. The fraction of sp³-hybridized carbons (Fsp3) is 0.600. The Morgan fingerprint density at radius 2 is 2.00 bits per heavy atom. The highest BCUT2D eigenvalue weighted by molar-refractivity contribution is 14.0. The van der Waals surface area contributed by atoms with Crippen LogP contribution >= 0.6 is 24.0 Å². The summed E-state index contributed by atoms with van der Waals surface area (Å²) in [6, 6.07) is 1.79. The quantitative estimate of drug-likeness (QED) is 0.247. The number of nitrogens with two attached hydrogens (primary N) is 1. The molecule has 1 aliphatic heterocycles. The van der Waals surface area contributed by atoms with E-state index in [1.165, 1.54) is 0 Å². The van der Waals surface area contributed by atoms with Gasteiger partial charge in [-0.15, -0.1) is 24.0 Å². The molecular formula is C15H26IN7O2. The van der Waals surface area contributed by atoms with Gasteiger partial charge in [0.1, 0.15) is 0 Å². The monoisotopic (exact) mass is 463 g/mol. The molecule has 0 radical (unpaired) electrons. The number of nitrogens with zero attached hydrogens (tertiary/aromatic N) is 5. The third-order valence-corrected chi connectivity index (χ3v) is 3.69. The van der Waals surface area contributed by atoms with E-state index in [1.54, 1.807) is 25.6 Å². The second-order valence-corrected chi connectivity index (χ2v) is 5.35. The Morgan fingerprint density at radius 1 is 1.32 bits per heavy atom. The molecule has 0 aliphatic carbocycles. The maximum absolute atomic E-state index is 12.2. The predicted octanol–water partition coefficient (Wildman–Crippen LogP) is -0.316. The lowest BCUT2D eigenvalue weighted by molar-refractivity contribution is -0.131. The molecule has 3 N–H and O–H groups in total. The molecule has 10 heteroatoms. The summed E-state index contributed by atoms with van der Waals surface area (Å²) in [4.78, 5) is 28.7. The molecule has 140 valence electrons. The van der Waals surface area contributed by atoms with Crippen molar-refractivity contribution in [2.45, 2.75) is 6.42 Å². The van der Waals surface area contributed by atoms with Crippen molar-refractivity contribution in [2.75, 3.05) is 57.9 Å². The van der Waals surface area contributed by atoms with Crippen LogP contribution in [0.1, 0.15) is 6.42 Å². The van der Waals surface area contributed by atoms with Crippen molar-refractivity contribution in [1.82, 2.24) is 20.2 Å². The van der Waals surface area contributed by atoms with Crippen LogP contribution < -0.4 is 16.0 Å². The first-order valence-electron chi connectivity index (χ1n) is 8.03. The fourth-order valence-corrected chi connectivity index (χ4v) is 2.38. The van der Waals surface area contributed by atoms with Crippen LogP contribution in [0, 0.1) is 0 Å². The van der Waals surface area contributed by atoms with E-state index in [1.807, 2.05) is 4.90 Å². The summed E-state index contributed by atoms with van der Waals surface area (Å²) < 4.78 is 4.89. The third kappa shape index (κ3) is 7.38. The fourth-order valence-electron chi connectivity index (χ4n) is 2.38. The minimum absolute atomic E-state index is 0. The minimum atomic E-state index is 0. The summed E-state index contributed by atoms with van der Waals surface area (Å²) in [5.41, 5.74) is 5.70. The molecule has 1 amide bonds.